The maximum Gasteiger partial charge on any atom is 0.586 e. The molecule has 2 fully saturated rings. The Labute approximate surface area is 265 Å². The summed E-state index contributed by atoms with van der Waals surface area (Å²) in [5, 5.41) is 10.7. The number of ether oxygens (including phenoxy) is 2. The van der Waals surface area contributed by atoms with Gasteiger partial charge in [0.05, 0.1) is 6.04 Å². The predicted octanol–water partition coefficient (Wildman–Crippen LogP) is 3.36. The van der Waals surface area contributed by atoms with Crippen LogP contribution < -0.4 is 30.7 Å². The van der Waals surface area contributed by atoms with Crippen LogP contribution in [0.5, 0.6) is 11.5 Å². The zero-order chi connectivity index (χ0) is 32.7. The Balaban J connectivity index is 1.32. The van der Waals surface area contributed by atoms with E-state index in [1.165, 1.54) is 12.1 Å². The van der Waals surface area contributed by atoms with E-state index in [1.807, 2.05) is 6.07 Å². The predicted molar refractivity (Wildman–Crippen MR) is 161 cm³/mol. The van der Waals surface area contributed by atoms with Crippen molar-refractivity contribution in [3.8, 4) is 11.5 Å². The molecule has 246 valence electrons. The molecule has 5 rings (SSSR count). The van der Waals surface area contributed by atoms with Gasteiger partial charge in [-0.05, 0) is 55.4 Å². The number of Topliss-reactive ketones (excluding diaryl/α,β-unsaturated/α-hetero) is 1. The minimum Gasteiger partial charge on any atom is -0.395 e. The first-order chi connectivity index (χ1) is 22.1. The Hall–Kier alpha value is -4.55. The zero-order valence-electron chi connectivity index (χ0n) is 25.3. The molecule has 0 unspecified atom stereocenters. The number of carbonyl (C=O) groups excluding carboxylic acids is 5. The highest BCUT2D eigenvalue weighted by atomic mass is 19.3. The van der Waals surface area contributed by atoms with Crippen LogP contribution in [0.25, 0.3) is 0 Å². The van der Waals surface area contributed by atoms with Gasteiger partial charge in [-0.3, -0.25) is 24.0 Å². The number of hydrogen-bond donors (Lipinski definition) is 4. The van der Waals surface area contributed by atoms with Gasteiger partial charge in [-0.25, -0.2) is 0 Å². The van der Waals surface area contributed by atoms with Crippen molar-refractivity contribution in [1.82, 2.24) is 21.3 Å². The number of nitrogens with one attached hydrogen (secondary N) is 4. The number of fused-ring (bicyclic) bond motifs is 1. The SMILES string of the molecule is O=C(NCc1ccccc1)C(=O)[C@H](C[C@@H]1CCCNC1=O)NC(=O)[C@H](CC1CCCCC1)NC(=O)c1ccc2c(c1)OC(F)(F)O2. The van der Waals surface area contributed by atoms with Gasteiger partial charge < -0.3 is 30.7 Å². The van der Waals surface area contributed by atoms with E-state index < -0.39 is 47.8 Å². The van der Waals surface area contributed by atoms with Gasteiger partial charge in [-0.1, -0.05) is 62.4 Å². The molecule has 3 aliphatic rings. The van der Waals surface area contributed by atoms with E-state index in [0.29, 0.717) is 19.4 Å². The number of ketones is 1. The maximum atomic E-state index is 13.8. The second kappa shape index (κ2) is 14.7. The number of benzene rings is 2. The van der Waals surface area contributed by atoms with Gasteiger partial charge in [-0.2, -0.15) is 0 Å². The molecule has 3 atom stereocenters. The number of hydrogen-bond acceptors (Lipinski definition) is 7. The van der Waals surface area contributed by atoms with Gasteiger partial charge in [0.15, 0.2) is 11.5 Å². The molecule has 2 heterocycles. The van der Waals surface area contributed by atoms with Crippen molar-refractivity contribution in [2.45, 2.75) is 82.7 Å². The summed E-state index contributed by atoms with van der Waals surface area (Å²) in [5.41, 5.74) is 0.742. The van der Waals surface area contributed by atoms with Crippen molar-refractivity contribution in [1.29, 1.82) is 0 Å². The fourth-order valence-corrected chi connectivity index (χ4v) is 6.19. The molecule has 4 N–H and O–H groups in total. The molecule has 1 saturated heterocycles. The van der Waals surface area contributed by atoms with Crippen LogP contribution in [0.4, 0.5) is 8.78 Å². The van der Waals surface area contributed by atoms with Crippen molar-refractivity contribution in [2.24, 2.45) is 11.8 Å². The third-order valence-electron chi connectivity index (χ3n) is 8.65. The van der Waals surface area contributed by atoms with Crippen LogP contribution in [0, 0.1) is 11.8 Å². The van der Waals surface area contributed by atoms with Crippen molar-refractivity contribution >= 4 is 29.4 Å². The molecular formula is C33H38F2N4O7. The zero-order valence-corrected chi connectivity index (χ0v) is 25.3. The number of halogens is 2. The molecule has 1 aliphatic carbocycles. The number of rotatable bonds is 12. The maximum absolute atomic E-state index is 13.8. The van der Waals surface area contributed by atoms with Crippen molar-refractivity contribution < 1.29 is 42.2 Å². The van der Waals surface area contributed by atoms with Crippen LogP contribution in [0.2, 0.25) is 0 Å². The fourth-order valence-electron chi connectivity index (χ4n) is 6.19. The fraction of sp³-hybridized carbons (Fsp3) is 0.485. The standard InChI is InChI=1S/C33H38F2N4O7/c34-33(35)45-26-14-13-23(18-27(26)46-33)30(42)39-25(16-20-8-3-1-4-9-20)31(43)38-24(17-22-12-7-15-36-29(22)41)28(40)32(44)37-19-21-10-5-2-6-11-21/h2,5-6,10-11,13-14,18,20,22,24-25H,1,3-4,7-9,12,15-17,19H2,(H,36,41)(H,37,44)(H,38,43)(H,39,42)/t22-,24-,25-/m0/s1. The second-order valence-corrected chi connectivity index (χ2v) is 12.1. The number of carbonyl (C=O) groups is 5. The number of amides is 4. The summed E-state index contributed by atoms with van der Waals surface area (Å²) >= 11 is 0. The van der Waals surface area contributed by atoms with E-state index in [-0.39, 0.29) is 48.3 Å². The lowest BCUT2D eigenvalue weighted by Crippen LogP contribution is -2.55. The number of piperidine rings is 1. The van der Waals surface area contributed by atoms with Gasteiger partial charge in [0.1, 0.15) is 6.04 Å². The summed E-state index contributed by atoms with van der Waals surface area (Å²) in [4.78, 5) is 66.2. The molecule has 0 radical (unpaired) electrons. The summed E-state index contributed by atoms with van der Waals surface area (Å²) in [7, 11) is 0. The molecule has 0 aromatic heterocycles. The van der Waals surface area contributed by atoms with Crippen molar-refractivity contribution in [3.63, 3.8) is 0 Å². The van der Waals surface area contributed by atoms with Gasteiger partial charge in [0, 0.05) is 24.6 Å². The molecule has 46 heavy (non-hydrogen) atoms. The minimum atomic E-state index is -3.86. The van der Waals surface area contributed by atoms with E-state index in [4.69, 9.17) is 0 Å². The lowest BCUT2D eigenvalue weighted by molar-refractivity contribution is -0.286. The average molecular weight is 641 g/mol. The first kappa shape index (κ1) is 32.8. The first-order valence-corrected chi connectivity index (χ1v) is 15.7. The highest BCUT2D eigenvalue weighted by molar-refractivity contribution is 6.38. The molecule has 0 bridgehead atoms. The summed E-state index contributed by atoms with van der Waals surface area (Å²) < 4.78 is 35.9. The van der Waals surface area contributed by atoms with Gasteiger partial charge in [0.2, 0.25) is 17.6 Å². The Kier molecular flexibility index (Phi) is 10.5. The molecule has 4 amide bonds. The Morgan fingerprint density at radius 2 is 1.61 bits per heavy atom. The third-order valence-corrected chi connectivity index (χ3v) is 8.65. The van der Waals surface area contributed by atoms with E-state index in [0.717, 1.165) is 43.7 Å². The highest BCUT2D eigenvalue weighted by Gasteiger charge is 2.44. The number of alkyl halides is 2. The van der Waals surface area contributed by atoms with E-state index in [9.17, 15) is 32.8 Å². The molecule has 1 saturated carbocycles. The molecule has 2 aromatic carbocycles. The van der Waals surface area contributed by atoms with E-state index in [2.05, 4.69) is 30.7 Å². The summed E-state index contributed by atoms with van der Waals surface area (Å²) in [6, 6.07) is 10.1. The van der Waals surface area contributed by atoms with Gasteiger partial charge in [0.25, 0.3) is 11.8 Å². The smallest absolute Gasteiger partial charge is 0.395 e. The molecule has 11 nitrogen and oxygen atoms in total. The lowest BCUT2D eigenvalue weighted by atomic mass is 9.84. The van der Waals surface area contributed by atoms with Crippen LogP contribution in [-0.2, 0) is 25.7 Å². The molecular weight excluding hydrogens is 602 g/mol. The van der Waals surface area contributed by atoms with Crippen LogP contribution in [-0.4, -0.2) is 54.3 Å². The largest absolute Gasteiger partial charge is 0.586 e. The summed E-state index contributed by atoms with van der Waals surface area (Å²) in [6.45, 7) is 0.600. The monoisotopic (exact) mass is 640 g/mol. The van der Waals surface area contributed by atoms with Gasteiger partial charge >= 0.3 is 6.29 Å². The summed E-state index contributed by atoms with van der Waals surface area (Å²) in [5.74, 6) is -4.48. The van der Waals surface area contributed by atoms with Crippen LogP contribution in [0.3, 0.4) is 0 Å². The molecule has 13 heteroatoms. The molecule has 0 spiro atoms. The van der Waals surface area contributed by atoms with Crippen molar-refractivity contribution in [2.75, 3.05) is 6.54 Å². The highest BCUT2D eigenvalue weighted by Crippen LogP contribution is 2.41. The minimum absolute atomic E-state index is 0.0340. The molecule has 2 aliphatic heterocycles. The first-order valence-electron chi connectivity index (χ1n) is 15.7. The normalized spacial score (nSPS) is 20.1. The lowest BCUT2D eigenvalue weighted by Gasteiger charge is -2.29. The van der Waals surface area contributed by atoms with Crippen molar-refractivity contribution in [3.05, 3.63) is 59.7 Å². The second-order valence-electron chi connectivity index (χ2n) is 12.1. The Morgan fingerprint density at radius 3 is 2.35 bits per heavy atom. The summed E-state index contributed by atoms with van der Waals surface area (Å²) in [6.07, 6.45) is 2.23. The van der Waals surface area contributed by atoms with E-state index >= 15 is 0 Å². The van der Waals surface area contributed by atoms with E-state index in [1.54, 1.807) is 24.3 Å². The third kappa shape index (κ3) is 8.58. The average Bonchev–Trinajstić information content (AvgIpc) is 3.37. The topological polar surface area (TPSA) is 152 Å². The van der Waals surface area contributed by atoms with Crippen LogP contribution in [0.1, 0.15) is 73.7 Å². The van der Waals surface area contributed by atoms with Crippen LogP contribution >= 0.6 is 0 Å². The quantitative estimate of drug-likeness (QED) is 0.260. The van der Waals surface area contributed by atoms with Gasteiger partial charge in [-0.15, -0.1) is 8.78 Å². The van der Waals surface area contributed by atoms with Crippen LogP contribution in [0.15, 0.2) is 48.5 Å². The molecule has 2 aromatic rings. The Morgan fingerprint density at radius 1 is 0.870 bits per heavy atom. The Bertz CT molecular complexity index is 1450.